The molecule has 3 aromatic rings. The van der Waals surface area contributed by atoms with Gasteiger partial charge in [-0.1, -0.05) is 0 Å². The molecule has 4 heterocycles. The summed E-state index contributed by atoms with van der Waals surface area (Å²) in [5.41, 5.74) is 1.78. The van der Waals surface area contributed by atoms with E-state index in [-0.39, 0.29) is 10.9 Å². The zero-order chi connectivity index (χ0) is 19.7. The third-order valence-electron chi connectivity index (χ3n) is 5.10. The van der Waals surface area contributed by atoms with Crippen molar-refractivity contribution in [1.29, 1.82) is 0 Å². The lowest BCUT2D eigenvalue weighted by Crippen LogP contribution is -2.47. The second-order valence-electron chi connectivity index (χ2n) is 6.98. The molecule has 1 fully saturated rings. The van der Waals surface area contributed by atoms with E-state index < -0.39 is 9.84 Å². The first-order valence-corrected chi connectivity index (χ1v) is 11.0. The van der Waals surface area contributed by atoms with E-state index in [1.54, 1.807) is 6.20 Å². The second-order valence-corrected chi connectivity index (χ2v) is 8.99. The first-order chi connectivity index (χ1) is 13.4. The van der Waals surface area contributed by atoms with Crippen LogP contribution in [0.5, 0.6) is 0 Å². The molecule has 1 unspecified atom stereocenters. The second kappa shape index (κ2) is 7.40. The molecule has 0 saturated carbocycles. The first-order valence-electron chi connectivity index (χ1n) is 9.14. The van der Waals surface area contributed by atoms with Crippen molar-refractivity contribution in [2.45, 2.75) is 17.9 Å². The zero-order valence-corrected chi connectivity index (χ0v) is 16.7. The number of anilines is 1. The molecule has 9 heteroatoms. The summed E-state index contributed by atoms with van der Waals surface area (Å²) in [5, 5.41) is 1.04. The number of hydrogen-bond acceptors (Lipinski definition) is 8. The number of pyridine rings is 2. The molecule has 4 rings (SSSR count). The normalized spacial score (nSPS) is 17.0. The molecule has 1 saturated heterocycles. The van der Waals surface area contributed by atoms with E-state index in [2.05, 4.69) is 43.8 Å². The maximum atomic E-state index is 11.5. The summed E-state index contributed by atoms with van der Waals surface area (Å²) >= 11 is 0. The van der Waals surface area contributed by atoms with Crippen LogP contribution in [0.15, 0.2) is 47.8 Å². The molecule has 1 aliphatic rings. The van der Waals surface area contributed by atoms with E-state index in [9.17, 15) is 8.42 Å². The summed E-state index contributed by atoms with van der Waals surface area (Å²) in [6.45, 7) is 5.40. The first kappa shape index (κ1) is 18.7. The van der Waals surface area contributed by atoms with E-state index in [1.165, 1.54) is 12.4 Å². The molecule has 8 nitrogen and oxygen atoms in total. The van der Waals surface area contributed by atoms with E-state index in [0.29, 0.717) is 5.95 Å². The third kappa shape index (κ3) is 3.81. The Balaban J connectivity index is 1.43. The molecule has 0 N–H and O–H groups in total. The van der Waals surface area contributed by atoms with Gasteiger partial charge in [0.2, 0.25) is 5.95 Å². The maximum Gasteiger partial charge on any atom is 0.225 e. The van der Waals surface area contributed by atoms with Gasteiger partial charge in [0.25, 0.3) is 0 Å². The number of rotatable bonds is 4. The van der Waals surface area contributed by atoms with Gasteiger partial charge in [-0.25, -0.2) is 28.4 Å². The SMILES string of the molecule is CC(c1ccc2cccnc2n1)N1CCN(c2ncc(S(C)(=O)=O)cn2)CC1. The fourth-order valence-electron chi connectivity index (χ4n) is 3.36. The summed E-state index contributed by atoms with van der Waals surface area (Å²) in [6.07, 6.45) is 5.66. The van der Waals surface area contributed by atoms with Crippen molar-refractivity contribution in [3.05, 3.63) is 48.5 Å². The van der Waals surface area contributed by atoms with Crippen molar-refractivity contribution in [1.82, 2.24) is 24.8 Å². The average Bonchev–Trinajstić information content (AvgIpc) is 2.72. The fraction of sp³-hybridized carbons (Fsp3) is 0.368. The topological polar surface area (TPSA) is 92.2 Å². The summed E-state index contributed by atoms with van der Waals surface area (Å²) in [5.74, 6) is 0.563. The van der Waals surface area contributed by atoms with Gasteiger partial charge in [0.1, 0.15) is 4.90 Å². The molecule has 0 bridgehead atoms. The Bertz CT molecular complexity index is 1080. The molecule has 0 aromatic carbocycles. The number of nitrogens with zero attached hydrogens (tertiary/aromatic N) is 6. The molecular formula is C19H22N6O2S. The minimum absolute atomic E-state index is 0.138. The molecule has 0 aliphatic carbocycles. The monoisotopic (exact) mass is 398 g/mol. The Kier molecular flexibility index (Phi) is 4.94. The van der Waals surface area contributed by atoms with Gasteiger partial charge in [0.05, 0.1) is 18.1 Å². The smallest absolute Gasteiger partial charge is 0.225 e. The number of piperazine rings is 1. The standard InChI is InChI=1S/C19H22N6O2S/c1-14(17-6-5-15-4-3-7-20-18(15)23-17)24-8-10-25(11-9-24)19-21-12-16(13-22-19)28(2,26)27/h3-7,12-14H,8-11H2,1-2H3. The highest BCUT2D eigenvalue weighted by molar-refractivity contribution is 7.90. The van der Waals surface area contributed by atoms with Gasteiger partial charge in [0.15, 0.2) is 15.5 Å². The van der Waals surface area contributed by atoms with Crippen LogP contribution in [-0.2, 0) is 9.84 Å². The van der Waals surface area contributed by atoms with Gasteiger partial charge in [-0.3, -0.25) is 4.90 Å². The predicted molar refractivity (Wildman–Crippen MR) is 107 cm³/mol. The van der Waals surface area contributed by atoms with Crippen LogP contribution in [0.25, 0.3) is 11.0 Å². The highest BCUT2D eigenvalue weighted by atomic mass is 32.2. The number of sulfone groups is 1. The van der Waals surface area contributed by atoms with Gasteiger partial charge in [-0.15, -0.1) is 0 Å². The molecule has 1 atom stereocenters. The lowest BCUT2D eigenvalue weighted by molar-refractivity contribution is 0.194. The van der Waals surface area contributed by atoms with Crippen LogP contribution in [0.2, 0.25) is 0 Å². The van der Waals surface area contributed by atoms with Crippen LogP contribution in [0.4, 0.5) is 5.95 Å². The number of hydrogen-bond donors (Lipinski definition) is 0. The van der Waals surface area contributed by atoms with Crippen molar-refractivity contribution in [3.63, 3.8) is 0 Å². The van der Waals surface area contributed by atoms with Crippen molar-refractivity contribution in [3.8, 4) is 0 Å². The lowest BCUT2D eigenvalue weighted by Gasteiger charge is -2.37. The van der Waals surface area contributed by atoms with Gasteiger partial charge in [0, 0.05) is 50.1 Å². The van der Waals surface area contributed by atoms with E-state index in [4.69, 9.17) is 4.98 Å². The number of fused-ring (bicyclic) bond motifs is 1. The van der Waals surface area contributed by atoms with Crippen LogP contribution in [0.1, 0.15) is 18.7 Å². The van der Waals surface area contributed by atoms with Crippen molar-refractivity contribution in [2.75, 3.05) is 37.3 Å². The molecule has 0 spiro atoms. The predicted octanol–water partition coefficient (Wildman–Crippen LogP) is 1.71. The Morgan fingerprint density at radius 3 is 2.39 bits per heavy atom. The average molecular weight is 398 g/mol. The van der Waals surface area contributed by atoms with Crippen molar-refractivity contribution >= 4 is 26.8 Å². The van der Waals surface area contributed by atoms with Crippen molar-refractivity contribution < 1.29 is 8.42 Å². The fourth-order valence-corrected chi connectivity index (χ4v) is 3.85. The van der Waals surface area contributed by atoms with Crippen LogP contribution >= 0.6 is 0 Å². The molecule has 146 valence electrons. The summed E-state index contributed by atoms with van der Waals surface area (Å²) < 4.78 is 23.1. The summed E-state index contributed by atoms with van der Waals surface area (Å²) in [7, 11) is -3.28. The third-order valence-corrected chi connectivity index (χ3v) is 6.17. The molecule has 3 aromatic heterocycles. The van der Waals surface area contributed by atoms with E-state index in [1.807, 2.05) is 12.1 Å². The van der Waals surface area contributed by atoms with E-state index in [0.717, 1.165) is 49.2 Å². The minimum Gasteiger partial charge on any atom is -0.338 e. The number of aromatic nitrogens is 4. The van der Waals surface area contributed by atoms with Gasteiger partial charge in [-0.2, -0.15) is 0 Å². The Labute approximate surface area is 164 Å². The maximum absolute atomic E-state index is 11.5. The molecule has 1 aliphatic heterocycles. The molecule has 0 radical (unpaired) electrons. The van der Waals surface area contributed by atoms with Crippen LogP contribution in [-0.4, -0.2) is 65.7 Å². The van der Waals surface area contributed by atoms with Gasteiger partial charge < -0.3 is 4.90 Å². The van der Waals surface area contributed by atoms with Gasteiger partial charge in [-0.05, 0) is 31.2 Å². The molecular weight excluding hydrogens is 376 g/mol. The molecule has 28 heavy (non-hydrogen) atoms. The van der Waals surface area contributed by atoms with Crippen LogP contribution in [0.3, 0.4) is 0 Å². The molecule has 0 amide bonds. The quantitative estimate of drug-likeness (QED) is 0.656. The highest BCUT2D eigenvalue weighted by Crippen LogP contribution is 2.23. The summed E-state index contributed by atoms with van der Waals surface area (Å²) in [4.78, 5) is 22.1. The van der Waals surface area contributed by atoms with Crippen molar-refractivity contribution in [2.24, 2.45) is 0 Å². The summed E-state index contributed by atoms with van der Waals surface area (Å²) in [6, 6.07) is 8.24. The zero-order valence-electron chi connectivity index (χ0n) is 15.9. The van der Waals surface area contributed by atoms with E-state index >= 15 is 0 Å². The van der Waals surface area contributed by atoms with Crippen LogP contribution in [0, 0.1) is 0 Å². The Morgan fingerprint density at radius 2 is 1.71 bits per heavy atom. The largest absolute Gasteiger partial charge is 0.338 e. The van der Waals surface area contributed by atoms with Crippen LogP contribution < -0.4 is 4.90 Å². The Hall–Kier alpha value is -2.65. The lowest BCUT2D eigenvalue weighted by atomic mass is 10.1. The Morgan fingerprint density at radius 1 is 1.00 bits per heavy atom. The van der Waals surface area contributed by atoms with Gasteiger partial charge >= 0.3 is 0 Å². The highest BCUT2D eigenvalue weighted by Gasteiger charge is 2.24. The minimum atomic E-state index is -3.28.